The van der Waals surface area contributed by atoms with Gasteiger partial charge in [-0.15, -0.1) is 0 Å². The molecule has 1 aliphatic rings. The van der Waals surface area contributed by atoms with Crippen LogP contribution in [0.25, 0.3) is 0 Å². The fourth-order valence-electron chi connectivity index (χ4n) is 1.68. The van der Waals surface area contributed by atoms with Crippen molar-refractivity contribution in [3.63, 3.8) is 0 Å². The van der Waals surface area contributed by atoms with Crippen molar-refractivity contribution in [1.29, 1.82) is 0 Å². The quantitative estimate of drug-likeness (QED) is 0.798. The molecule has 0 unspecified atom stereocenters. The van der Waals surface area contributed by atoms with E-state index in [2.05, 4.69) is 13.8 Å². The van der Waals surface area contributed by atoms with Gasteiger partial charge in [-0.25, -0.2) is 0 Å². The first-order chi connectivity index (χ1) is 9.00. The molecule has 0 spiro atoms. The highest BCUT2D eigenvalue weighted by Crippen LogP contribution is 2.27. The molecule has 0 N–H and O–H groups in total. The number of aldehydes is 1. The van der Waals surface area contributed by atoms with Crippen molar-refractivity contribution in [2.45, 2.75) is 20.1 Å². The van der Waals surface area contributed by atoms with Gasteiger partial charge in [0.05, 0.1) is 18.2 Å². The molecule has 104 valence electrons. The summed E-state index contributed by atoms with van der Waals surface area (Å²) >= 11 is 5.99. The first-order valence-corrected chi connectivity index (χ1v) is 6.49. The van der Waals surface area contributed by atoms with Crippen LogP contribution < -0.4 is 4.74 Å². The summed E-state index contributed by atoms with van der Waals surface area (Å²) in [5.41, 5.74) is 0.553. The van der Waals surface area contributed by atoms with Gasteiger partial charge in [0, 0.05) is 11.0 Å². The third kappa shape index (κ3) is 3.93. The van der Waals surface area contributed by atoms with Gasteiger partial charge in [0.1, 0.15) is 18.6 Å². The average Bonchev–Trinajstić information content (AvgIpc) is 2.39. The Bertz CT molecular complexity index is 449. The number of hydrogen-bond donors (Lipinski definition) is 0. The van der Waals surface area contributed by atoms with Crippen LogP contribution in [0.4, 0.5) is 0 Å². The summed E-state index contributed by atoms with van der Waals surface area (Å²) in [6.07, 6.45) is 0.350. The molecule has 1 saturated heterocycles. The molecule has 0 atom stereocenters. The Morgan fingerprint density at radius 3 is 2.74 bits per heavy atom. The van der Waals surface area contributed by atoms with Crippen molar-refractivity contribution in [2.75, 3.05) is 19.8 Å². The van der Waals surface area contributed by atoms with E-state index < -0.39 is 6.29 Å². The maximum atomic E-state index is 10.7. The maximum absolute atomic E-state index is 10.7. The molecule has 1 aromatic rings. The minimum Gasteiger partial charge on any atom is -0.487 e. The van der Waals surface area contributed by atoms with Crippen LogP contribution in [-0.2, 0) is 9.47 Å². The number of halogens is 1. The first kappa shape index (κ1) is 14.3. The van der Waals surface area contributed by atoms with E-state index in [1.54, 1.807) is 18.2 Å². The molecule has 1 aromatic carbocycles. The molecule has 1 aliphatic heterocycles. The van der Waals surface area contributed by atoms with Gasteiger partial charge >= 0.3 is 0 Å². The molecule has 19 heavy (non-hydrogen) atoms. The van der Waals surface area contributed by atoms with Crippen LogP contribution in [0.15, 0.2) is 18.2 Å². The Balaban J connectivity index is 1.91. The van der Waals surface area contributed by atoms with E-state index >= 15 is 0 Å². The Hall–Kier alpha value is -1.10. The average molecular weight is 285 g/mol. The van der Waals surface area contributed by atoms with Gasteiger partial charge in [0.2, 0.25) is 0 Å². The van der Waals surface area contributed by atoms with Gasteiger partial charge in [-0.3, -0.25) is 4.79 Å². The van der Waals surface area contributed by atoms with Gasteiger partial charge in [-0.1, -0.05) is 25.4 Å². The lowest BCUT2D eigenvalue weighted by Crippen LogP contribution is -2.40. The molecular formula is C14H17ClO4. The number of ether oxygens (including phenoxy) is 3. The Morgan fingerprint density at radius 2 is 2.11 bits per heavy atom. The molecule has 2 rings (SSSR count). The Kier molecular flexibility index (Phi) is 4.45. The van der Waals surface area contributed by atoms with Crippen molar-refractivity contribution in [3.05, 3.63) is 28.8 Å². The second-order valence-corrected chi connectivity index (χ2v) is 5.74. The predicted octanol–water partition coefficient (Wildman–Crippen LogP) is 2.93. The van der Waals surface area contributed by atoms with Crippen LogP contribution in [0.3, 0.4) is 0 Å². The summed E-state index contributed by atoms with van der Waals surface area (Å²) in [4.78, 5) is 10.7. The monoisotopic (exact) mass is 284 g/mol. The topological polar surface area (TPSA) is 44.8 Å². The van der Waals surface area contributed by atoms with E-state index in [0.29, 0.717) is 29.5 Å². The molecule has 4 nitrogen and oxygen atoms in total. The molecular weight excluding hydrogens is 268 g/mol. The van der Waals surface area contributed by atoms with Crippen LogP contribution in [-0.4, -0.2) is 32.4 Å². The number of benzene rings is 1. The van der Waals surface area contributed by atoms with E-state index in [0.717, 1.165) is 6.29 Å². The summed E-state index contributed by atoms with van der Waals surface area (Å²) in [5.74, 6) is 0.461. The van der Waals surface area contributed by atoms with Gasteiger partial charge in [0.25, 0.3) is 0 Å². The lowest BCUT2D eigenvalue weighted by atomic mass is 9.96. The van der Waals surface area contributed by atoms with Crippen molar-refractivity contribution in [1.82, 2.24) is 0 Å². The van der Waals surface area contributed by atoms with Crippen LogP contribution in [0, 0.1) is 5.41 Å². The molecule has 5 heteroatoms. The fraction of sp³-hybridized carbons (Fsp3) is 0.500. The maximum Gasteiger partial charge on any atom is 0.191 e. The van der Waals surface area contributed by atoms with Crippen LogP contribution in [0.1, 0.15) is 24.2 Å². The summed E-state index contributed by atoms with van der Waals surface area (Å²) in [7, 11) is 0. The van der Waals surface area contributed by atoms with E-state index in [9.17, 15) is 4.79 Å². The minimum atomic E-state index is -0.399. The first-order valence-electron chi connectivity index (χ1n) is 6.11. The molecule has 0 aromatic heterocycles. The summed E-state index contributed by atoms with van der Waals surface area (Å²) in [6, 6.07) is 4.87. The van der Waals surface area contributed by atoms with Gasteiger partial charge in [-0.05, 0) is 18.2 Å². The van der Waals surface area contributed by atoms with Crippen molar-refractivity contribution in [2.24, 2.45) is 5.41 Å². The predicted molar refractivity (Wildman–Crippen MR) is 71.8 cm³/mol. The van der Waals surface area contributed by atoms with Crippen LogP contribution in [0.5, 0.6) is 5.75 Å². The second kappa shape index (κ2) is 5.90. The summed E-state index contributed by atoms with van der Waals surface area (Å²) in [5, 5.41) is 0.460. The number of carbonyl (C=O) groups excluding carboxylic acids is 1. The number of carbonyl (C=O) groups is 1. The molecule has 0 radical (unpaired) electrons. The van der Waals surface area contributed by atoms with Crippen molar-refractivity contribution in [3.8, 4) is 5.75 Å². The van der Waals surface area contributed by atoms with Crippen LogP contribution in [0.2, 0.25) is 5.02 Å². The summed E-state index contributed by atoms with van der Waals surface area (Å²) in [6.45, 7) is 5.66. The standard InChI is InChI=1S/C14H17ClO4/c1-14(2)8-18-13(19-9-14)7-17-12-5-10(6-16)3-4-11(12)15/h3-6,13H,7-9H2,1-2H3. The third-order valence-corrected chi connectivity index (χ3v) is 3.10. The molecule has 0 bridgehead atoms. The normalized spacial score (nSPS) is 19.1. The Morgan fingerprint density at radius 1 is 1.42 bits per heavy atom. The zero-order chi connectivity index (χ0) is 13.9. The lowest BCUT2D eigenvalue weighted by molar-refractivity contribution is -0.230. The van der Waals surface area contributed by atoms with Gasteiger partial charge in [0.15, 0.2) is 6.29 Å². The highest BCUT2D eigenvalue weighted by atomic mass is 35.5. The largest absolute Gasteiger partial charge is 0.487 e. The van der Waals surface area contributed by atoms with Crippen molar-refractivity contribution >= 4 is 17.9 Å². The SMILES string of the molecule is CC1(C)COC(COc2cc(C=O)ccc2Cl)OC1. The number of hydrogen-bond acceptors (Lipinski definition) is 4. The highest BCUT2D eigenvalue weighted by molar-refractivity contribution is 6.32. The van der Waals surface area contributed by atoms with E-state index in [4.69, 9.17) is 25.8 Å². The zero-order valence-corrected chi connectivity index (χ0v) is 11.8. The summed E-state index contributed by atoms with van der Waals surface area (Å²) < 4.78 is 16.6. The second-order valence-electron chi connectivity index (χ2n) is 5.33. The smallest absolute Gasteiger partial charge is 0.191 e. The minimum absolute atomic E-state index is 0.0333. The van der Waals surface area contributed by atoms with Gasteiger partial charge < -0.3 is 14.2 Å². The molecule has 0 saturated carbocycles. The van der Waals surface area contributed by atoms with Crippen LogP contribution >= 0.6 is 11.6 Å². The molecule has 0 amide bonds. The zero-order valence-electron chi connectivity index (χ0n) is 11.0. The molecule has 1 heterocycles. The third-order valence-electron chi connectivity index (χ3n) is 2.79. The lowest BCUT2D eigenvalue weighted by Gasteiger charge is -2.34. The van der Waals surface area contributed by atoms with Gasteiger partial charge in [-0.2, -0.15) is 0 Å². The van der Waals surface area contributed by atoms with E-state index in [-0.39, 0.29) is 12.0 Å². The van der Waals surface area contributed by atoms with E-state index in [1.165, 1.54) is 0 Å². The molecule has 1 fully saturated rings. The number of rotatable bonds is 4. The fourth-order valence-corrected chi connectivity index (χ4v) is 1.86. The van der Waals surface area contributed by atoms with Crippen molar-refractivity contribution < 1.29 is 19.0 Å². The molecule has 0 aliphatic carbocycles. The highest BCUT2D eigenvalue weighted by Gasteiger charge is 2.28. The Labute approximate surface area is 117 Å². The van der Waals surface area contributed by atoms with E-state index in [1.807, 2.05) is 0 Å².